The second kappa shape index (κ2) is 11.8. The maximum atomic E-state index is 12.9. The summed E-state index contributed by atoms with van der Waals surface area (Å²) in [5.41, 5.74) is 2.59. The number of benzene rings is 2. The maximum Gasteiger partial charge on any atom is 0.387 e. The summed E-state index contributed by atoms with van der Waals surface area (Å²) in [7, 11) is 0. The Balaban J connectivity index is 0.00000306. The van der Waals surface area contributed by atoms with Crippen LogP contribution in [0.3, 0.4) is 0 Å². The Labute approximate surface area is 207 Å². The van der Waals surface area contributed by atoms with Gasteiger partial charge >= 0.3 is 6.61 Å². The van der Waals surface area contributed by atoms with Crippen molar-refractivity contribution in [3.05, 3.63) is 59.8 Å². The molecule has 0 amide bonds. The summed E-state index contributed by atoms with van der Waals surface area (Å²) in [6.07, 6.45) is 2.54. The first kappa shape index (κ1) is 24.7. The van der Waals surface area contributed by atoms with Crippen molar-refractivity contribution in [1.82, 2.24) is 15.6 Å². The highest BCUT2D eigenvalue weighted by Gasteiger charge is 2.20. The largest absolute Gasteiger partial charge is 0.454 e. The summed E-state index contributed by atoms with van der Waals surface area (Å²) >= 11 is 0. The maximum absolute atomic E-state index is 12.9. The lowest BCUT2D eigenvalue weighted by molar-refractivity contribution is -0.0505. The molecule has 0 radical (unpaired) electrons. The van der Waals surface area contributed by atoms with Gasteiger partial charge in [-0.05, 0) is 31.0 Å². The molecule has 2 aromatic carbocycles. The lowest BCUT2D eigenvalue weighted by atomic mass is 10.1. The van der Waals surface area contributed by atoms with E-state index < -0.39 is 6.61 Å². The Morgan fingerprint density at radius 2 is 1.91 bits per heavy atom. The van der Waals surface area contributed by atoms with E-state index in [-0.39, 0.29) is 43.1 Å². The number of fused-ring (bicyclic) bond motifs is 2. The molecular formula is C23H25F2IN4O3. The highest BCUT2D eigenvalue weighted by molar-refractivity contribution is 14.0. The van der Waals surface area contributed by atoms with Crippen LogP contribution in [-0.2, 0) is 13.0 Å². The van der Waals surface area contributed by atoms with E-state index in [1.807, 2.05) is 31.2 Å². The van der Waals surface area contributed by atoms with Crippen molar-refractivity contribution in [1.29, 1.82) is 0 Å². The lowest BCUT2D eigenvalue weighted by Gasteiger charge is -2.14. The van der Waals surface area contributed by atoms with E-state index >= 15 is 0 Å². The van der Waals surface area contributed by atoms with Gasteiger partial charge in [0, 0.05) is 36.3 Å². The van der Waals surface area contributed by atoms with Gasteiger partial charge in [-0.2, -0.15) is 8.78 Å². The first-order chi connectivity index (χ1) is 15.6. The third-order valence-electron chi connectivity index (χ3n) is 4.93. The molecule has 2 N–H and O–H groups in total. The van der Waals surface area contributed by atoms with E-state index in [0.29, 0.717) is 36.1 Å². The molecule has 0 saturated heterocycles. The Kier molecular flexibility index (Phi) is 8.87. The number of ether oxygens (including phenoxy) is 3. The number of guanidine groups is 1. The third kappa shape index (κ3) is 6.34. The summed E-state index contributed by atoms with van der Waals surface area (Å²) in [6.45, 7) is 0.468. The Morgan fingerprint density at radius 1 is 1.12 bits per heavy atom. The lowest BCUT2D eigenvalue weighted by Crippen LogP contribution is -2.38. The molecule has 0 atom stereocenters. The highest BCUT2D eigenvalue weighted by atomic mass is 127. The number of aliphatic imine (C=N–C) groups is 1. The fourth-order valence-electron chi connectivity index (χ4n) is 3.49. The first-order valence-electron chi connectivity index (χ1n) is 10.4. The SMILES string of the molecule is CCNC(=NCc1cc2c(cc1OC(F)F)OCO2)NCCc1cccc2cccnc12.I. The number of hydrogen-bond acceptors (Lipinski definition) is 5. The van der Waals surface area contributed by atoms with Crippen LogP contribution in [0.15, 0.2) is 53.7 Å². The van der Waals surface area contributed by atoms with E-state index in [1.54, 1.807) is 12.3 Å². The van der Waals surface area contributed by atoms with Gasteiger partial charge in [-0.1, -0.05) is 24.3 Å². The molecule has 0 aliphatic carbocycles. The summed E-state index contributed by atoms with van der Waals surface area (Å²) in [6, 6.07) is 13.1. The van der Waals surface area contributed by atoms with E-state index in [0.717, 1.165) is 22.9 Å². The van der Waals surface area contributed by atoms with Crippen LogP contribution < -0.4 is 24.8 Å². The number of alkyl halides is 2. The third-order valence-corrected chi connectivity index (χ3v) is 4.93. The molecule has 176 valence electrons. The van der Waals surface area contributed by atoms with Crippen molar-refractivity contribution < 1.29 is 23.0 Å². The Morgan fingerprint density at radius 3 is 2.70 bits per heavy atom. The van der Waals surface area contributed by atoms with E-state index in [2.05, 4.69) is 31.4 Å². The average Bonchev–Trinajstić information content (AvgIpc) is 3.24. The minimum atomic E-state index is -2.95. The van der Waals surface area contributed by atoms with Crippen LogP contribution in [0.1, 0.15) is 18.1 Å². The smallest absolute Gasteiger partial charge is 0.387 e. The van der Waals surface area contributed by atoms with Gasteiger partial charge in [0.15, 0.2) is 17.5 Å². The summed E-state index contributed by atoms with van der Waals surface area (Å²) in [5.74, 6) is 1.45. The van der Waals surface area contributed by atoms with Crippen LogP contribution in [0, 0.1) is 0 Å². The van der Waals surface area contributed by atoms with Gasteiger partial charge in [-0.3, -0.25) is 4.98 Å². The summed E-state index contributed by atoms with van der Waals surface area (Å²) in [4.78, 5) is 9.01. The number of pyridine rings is 1. The zero-order valence-corrected chi connectivity index (χ0v) is 20.3. The van der Waals surface area contributed by atoms with Gasteiger partial charge in [0.2, 0.25) is 6.79 Å². The Hall–Kier alpha value is -2.89. The molecule has 0 unspecified atom stereocenters. The number of para-hydroxylation sites is 1. The number of nitrogens with one attached hydrogen (secondary N) is 2. The van der Waals surface area contributed by atoms with Crippen LogP contribution in [-0.4, -0.2) is 37.4 Å². The van der Waals surface area contributed by atoms with E-state index in [9.17, 15) is 8.78 Å². The molecular weight excluding hydrogens is 545 g/mol. The predicted octanol–water partition coefficient (Wildman–Crippen LogP) is 4.48. The second-order valence-electron chi connectivity index (χ2n) is 7.06. The van der Waals surface area contributed by atoms with Crippen molar-refractivity contribution in [3.63, 3.8) is 0 Å². The van der Waals surface area contributed by atoms with E-state index in [4.69, 9.17) is 9.47 Å². The van der Waals surface area contributed by atoms with Crippen molar-refractivity contribution in [2.24, 2.45) is 4.99 Å². The minimum absolute atomic E-state index is 0. The van der Waals surface area contributed by atoms with Crippen molar-refractivity contribution in [3.8, 4) is 17.2 Å². The van der Waals surface area contributed by atoms with Crippen LogP contribution in [0.25, 0.3) is 10.9 Å². The predicted molar refractivity (Wildman–Crippen MR) is 133 cm³/mol. The molecule has 3 aromatic rings. The molecule has 33 heavy (non-hydrogen) atoms. The molecule has 4 rings (SSSR count). The number of hydrogen-bond donors (Lipinski definition) is 2. The summed E-state index contributed by atoms with van der Waals surface area (Å²) < 4.78 is 41.0. The van der Waals surface area contributed by atoms with Gasteiger partial charge in [-0.15, -0.1) is 24.0 Å². The zero-order chi connectivity index (χ0) is 22.3. The minimum Gasteiger partial charge on any atom is -0.454 e. The van der Waals surface area contributed by atoms with Gasteiger partial charge in [0.05, 0.1) is 12.1 Å². The molecule has 0 saturated carbocycles. The number of halogens is 3. The fraction of sp³-hybridized carbons (Fsp3) is 0.304. The van der Waals surface area contributed by atoms with E-state index in [1.165, 1.54) is 6.07 Å². The molecule has 0 bridgehead atoms. The van der Waals surface area contributed by atoms with Crippen molar-refractivity contribution >= 4 is 40.8 Å². The van der Waals surface area contributed by atoms with Crippen molar-refractivity contribution in [2.45, 2.75) is 26.5 Å². The zero-order valence-electron chi connectivity index (χ0n) is 18.0. The molecule has 0 fully saturated rings. The highest BCUT2D eigenvalue weighted by Crippen LogP contribution is 2.39. The fourth-order valence-corrected chi connectivity index (χ4v) is 3.49. The second-order valence-corrected chi connectivity index (χ2v) is 7.06. The van der Waals surface area contributed by atoms with Crippen LogP contribution in [0.4, 0.5) is 8.78 Å². The average molecular weight is 570 g/mol. The topological polar surface area (TPSA) is 77.0 Å². The molecule has 1 aliphatic rings. The normalized spacial score (nSPS) is 12.5. The standard InChI is InChI=1S/C23H24F2N4O3.HI/c1-2-26-23(28-10-8-16-6-3-5-15-7-4-9-27-21(15)16)29-13-17-11-19-20(31-14-30-19)12-18(17)32-22(24)25;/h3-7,9,11-12,22H,2,8,10,13-14H2,1H3,(H2,26,28,29);1H. The molecule has 0 spiro atoms. The van der Waals surface area contributed by atoms with Crippen molar-refractivity contribution in [2.75, 3.05) is 19.9 Å². The van der Waals surface area contributed by atoms with Crippen LogP contribution in [0.5, 0.6) is 17.2 Å². The number of aromatic nitrogens is 1. The van der Waals surface area contributed by atoms with Crippen LogP contribution >= 0.6 is 24.0 Å². The molecule has 10 heteroatoms. The monoisotopic (exact) mass is 570 g/mol. The first-order valence-corrected chi connectivity index (χ1v) is 10.4. The van der Waals surface area contributed by atoms with Gasteiger partial charge < -0.3 is 24.8 Å². The quantitative estimate of drug-likeness (QED) is 0.237. The van der Waals surface area contributed by atoms with Crippen LogP contribution in [0.2, 0.25) is 0 Å². The number of rotatable bonds is 8. The molecule has 1 aromatic heterocycles. The molecule has 7 nitrogen and oxygen atoms in total. The summed E-state index contributed by atoms with van der Waals surface area (Å²) in [5, 5.41) is 7.55. The number of nitrogens with zero attached hydrogens (tertiary/aromatic N) is 2. The molecule has 1 aliphatic heterocycles. The van der Waals surface area contributed by atoms with Gasteiger partial charge in [0.1, 0.15) is 5.75 Å². The van der Waals surface area contributed by atoms with Gasteiger partial charge in [-0.25, -0.2) is 4.99 Å². The van der Waals surface area contributed by atoms with Gasteiger partial charge in [0.25, 0.3) is 0 Å². The Bertz CT molecular complexity index is 1110. The molecule has 2 heterocycles.